The van der Waals surface area contributed by atoms with E-state index in [2.05, 4.69) is 75.8 Å². The number of anilines is 1. The summed E-state index contributed by atoms with van der Waals surface area (Å²) >= 11 is 0. The SMILES string of the molecule is COc1cc(N2CCC(CN3CCC4(CC3)COc3c4ccc4c3CN([C@@H]3CCC(=O)NC3=O)C4=O)CC2)ccc1[C@@H]1c2ccc(O)cc2CC[C@@H]1c1ccccc1. The number of carbonyl (C=O) groups is 3. The van der Waals surface area contributed by atoms with Crippen LogP contribution in [0.25, 0.3) is 0 Å². The number of piperidine rings is 3. The summed E-state index contributed by atoms with van der Waals surface area (Å²) < 4.78 is 12.6. The third kappa shape index (κ3) is 6.40. The van der Waals surface area contributed by atoms with Crippen LogP contribution in [-0.2, 0) is 28.0 Å². The molecular weight excluding hydrogens is 729 g/mol. The zero-order valence-electron chi connectivity index (χ0n) is 33.3. The Balaban J connectivity index is 0.776. The topological polar surface area (TPSA) is 112 Å². The van der Waals surface area contributed by atoms with Crippen molar-refractivity contribution in [3.05, 3.63) is 118 Å². The van der Waals surface area contributed by atoms with Gasteiger partial charge >= 0.3 is 0 Å². The molecule has 0 saturated carbocycles. The van der Waals surface area contributed by atoms with Crippen molar-refractivity contribution in [2.75, 3.05) is 51.3 Å². The maximum absolute atomic E-state index is 13.4. The van der Waals surface area contributed by atoms with Crippen molar-refractivity contribution < 1.29 is 29.0 Å². The molecule has 58 heavy (non-hydrogen) atoms. The highest BCUT2D eigenvalue weighted by Crippen LogP contribution is 2.51. The highest BCUT2D eigenvalue weighted by Gasteiger charge is 2.48. The number of nitrogens with one attached hydrogen (secondary N) is 1. The molecule has 0 bridgehead atoms. The van der Waals surface area contributed by atoms with Crippen molar-refractivity contribution in [2.45, 2.75) is 81.2 Å². The fraction of sp³-hybridized carbons (Fsp3) is 0.438. The molecule has 5 heterocycles. The molecule has 5 aliphatic heterocycles. The zero-order valence-corrected chi connectivity index (χ0v) is 33.3. The lowest BCUT2D eigenvalue weighted by atomic mass is 9.69. The van der Waals surface area contributed by atoms with Gasteiger partial charge in [0, 0.05) is 71.4 Å². The normalized spacial score (nSPS) is 24.3. The molecule has 1 spiro atoms. The number of aryl methyl sites for hydroxylation is 1. The number of imide groups is 1. The molecule has 0 aromatic heterocycles. The number of phenolic OH excluding ortho intramolecular Hbond substituents is 1. The fourth-order valence-electron chi connectivity index (χ4n) is 11.2. The van der Waals surface area contributed by atoms with Crippen LogP contribution in [0.3, 0.4) is 0 Å². The van der Waals surface area contributed by atoms with Gasteiger partial charge in [-0.2, -0.15) is 0 Å². The number of nitrogens with zero attached hydrogens (tertiary/aromatic N) is 3. The van der Waals surface area contributed by atoms with E-state index in [0.717, 1.165) is 88.3 Å². The van der Waals surface area contributed by atoms with Gasteiger partial charge in [0.05, 0.1) is 20.3 Å². The van der Waals surface area contributed by atoms with Crippen LogP contribution in [0.4, 0.5) is 5.69 Å². The molecule has 3 amide bonds. The van der Waals surface area contributed by atoms with E-state index in [0.29, 0.717) is 42.7 Å². The van der Waals surface area contributed by atoms with Gasteiger partial charge in [0.25, 0.3) is 5.91 Å². The molecule has 3 fully saturated rings. The van der Waals surface area contributed by atoms with E-state index in [-0.39, 0.29) is 35.5 Å². The minimum absolute atomic E-state index is 0.0524. The Morgan fingerprint density at radius 2 is 1.66 bits per heavy atom. The third-order valence-electron chi connectivity index (χ3n) is 14.4. The predicted octanol–water partition coefficient (Wildman–Crippen LogP) is 6.67. The number of hydrogen-bond donors (Lipinski definition) is 2. The minimum atomic E-state index is -0.627. The fourth-order valence-corrected chi connectivity index (χ4v) is 11.2. The van der Waals surface area contributed by atoms with E-state index < -0.39 is 6.04 Å². The quantitative estimate of drug-likeness (QED) is 0.200. The summed E-state index contributed by atoms with van der Waals surface area (Å²) in [4.78, 5) is 44.5. The molecule has 1 aliphatic carbocycles. The van der Waals surface area contributed by atoms with Crippen LogP contribution in [0.5, 0.6) is 17.2 Å². The number of aromatic hydroxyl groups is 1. The number of carbonyl (C=O) groups excluding carboxylic acids is 3. The van der Waals surface area contributed by atoms with Crippen molar-refractivity contribution in [1.82, 2.24) is 15.1 Å². The second kappa shape index (κ2) is 14.8. The van der Waals surface area contributed by atoms with Crippen LogP contribution in [0.1, 0.15) is 101 Å². The summed E-state index contributed by atoms with van der Waals surface area (Å²) in [6.07, 6.45) is 6.89. The van der Waals surface area contributed by atoms with Gasteiger partial charge in [0.1, 0.15) is 23.3 Å². The smallest absolute Gasteiger partial charge is 0.255 e. The predicted molar refractivity (Wildman–Crippen MR) is 221 cm³/mol. The van der Waals surface area contributed by atoms with Gasteiger partial charge in [-0.05, 0) is 111 Å². The Labute approximate surface area is 340 Å². The van der Waals surface area contributed by atoms with Gasteiger partial charge in [-0.3, -0.25) is 19.7 Å². The van der Waals surface area contributed by atoms with Crippen LogP contribution < -0.4 is 19.7 Å². The van der Waals surface area contributed by atoms with Crippen LogP contribution >= 0.6 is 0 Å². The first-order chi connectivity index (χ1) is 28.3. The molecule has 4 aromatic carbocycles. The van der Waals surface area contributed by atoms with Crippen molar-refractivity contribution in [1.29, 1.82) is 0 Å². The molecule has 10 heteroatoms. The molecule has 10 nitrogen and oxygen atoms in total. The lowest BCUT2D eigenvalue weighted by Gasteiger charge is -2.41. The van der Waals surface area contributed by atoms with Gasteiger partial charge in [0.2, 0.25) is 11.8 Å². The number of fused-ring (bicyclic) bond motifs is 5. The second-order valence-electron chi connectivity index (χ2n) is 17.5. The number of amides is 3. The van der Waals surface area contributed by atoms with Crippen LogP contribution in [0.15, 0.2) is 78.9 Å². The largest absolute Gasteiger partial charge is 0.508 e. The Hall–Kier alpha value is -5.35. The maximum atomic E-state index is 13.4. The van der Waals surface area contributed by atoms with E-state index in [1.807, 2.05) is 18.2 Å². The number of likely N-dealkylation sites (tertiary alicyclic amines) is 1. The lowest BCUT2D eigenvalue weighted by molar-refractivity contribution is -0.136. The van der Waals surface area contributed by atoms with Crippen LogP contribution in [0, 0.1) is 5.92 Å². The highest BCUT2D eigenvalue weighted by molar-refractivity contribution is 6.05. The minimum Gasteiger partial charge on any atom is -0.508 e. The number of methoxy groups -OCH3 is 1. The molecule has 6 aliphatic rings. The van der Waals surface area contributed by atoms with Crippen LogP contribution in [0.2, 0.25) is 0 Å². The van der Waals surface area contributed by atoms with Gasteiger partial charge in [-0.1, -0.05) is 48.5 Å². The Morgan fingerprint density at radius 1 is 0.862 bits per heavy atom. The van der Waals surface area contributed by atoms with E-state index in [1.165, 1.54) is 33.5 Å². The number of hydrogen-bond acceptors (Lipinski definition) is 8. The van der Waals surface area contributed by atoms with E-state index in [1.54, 1.807) is 12.0 Å². The summed E-state index contributed by atoms with van der Waals surface area (Å²) in [6, 6.07) is 26.9. The van der Waals surface area contributed by atoms with Crippen molar-refractivity contribution >= 4 is 23.4 Å². The molecular formula is C48H52N4O6. The molecule has 2 N–H and O–H groups in total. The average Bonchev–Trinajstić information content (AvgIpc) is 3.78. The second-order valence-corrected chi connectivity index (χ2v) is 17.5. The highest BCUT2D eigenvalue weighted by atomic mass is 16.5. The number of ether oxygens (including phenoxy) is 2. The Kier molecular flexibility index (Phi) is 9.42. The molecule has 3 saturated heterocycles. The Bertz CT molecular complexity index is 2260. The average molecular weight is 781 g/mol. The van der Waals surface area contributed by atoms with Gasteiger partial charge in [-0.25, -0.2) is 0 Å². The molecule has 300 valence electrons. The standard InChI is InChI=1S/C48H52N4O6/c1-57-42-26-33(8-11-38(42)44-35(31-5-3-2-4-6-31)10-7-32-25-34(53)9-12-36(32)44)51-21-17-30(18-22-51)27-50-23-19-48(20-24-50)29-58-45-39-28-52(41-15-16-43(54)49-46(41)55)47(56)37(39)13-14-40(45)48/h2-6,8-9,11-14,25-26,30,35,41,44,53H,7,10,15-24,27-29H2,1H3,(H,49,54,55)/t35-,41-,44+/m1/s1. The van der Waals surface area contributed by atoms with E-state index in [9.17, 15) is 19.5 Å². The van der Waals surface area contributed by atoms with Crippen LogP contribution in [-0.4, -0.2) is 85.1 Å². The number of benzene rings is 4. The third-order valence-corrected chi connectivity index (χ3v) is 14.4. The first-order valence-corrected chi connectivity index (χ1v) is 21.2. The first-order valence-electron chi connectivity index (χ1n) is 21.2. The number of phenols is 1. The zero-order chi connectivity index (χ0) is 39.5. The molecule has 0 radical (unpaired) electrons. The van der Waals surface area contributed by atoms with Crippen molar-refractivity contribution in [3.8, 4) is 17.2 Å². The van der Waals surface area contributed by atoms with E-state index in [4.69, 9.17) is 9.47 Å². The lowest BCUT2D eigenvalue weighted by Crippen LogP contribution is -2.52. The molecule has 4 aromatic rings. The molecule has 3 atom stereocenters. The van der Waals surface area contributed by atoms with Gasteiger partial charge in [0.15, 0.2) is 0 Å². The van der Waals surface area contributed by atoms with Gasteiger partial charge in [-0.15, -0.1) is 0 Å². The first kappa shape index (κ1) is 37.0. The molecule has 10 rings (SSSR count). The summed E-state index contributed by atoms with van der Waals surface area (Å²) in [5.41, 5.74) is 8.91. The van der Waals surface area contributed by atoms with Gasteiger partial charge < -0.3 is 29.3 Å². The van der Waals surface area contributed by atoms with Crippen molar-refractivity contribution in [2.24, 2.45) is 5.92 Å². The molecule has 0 unspecified atom stereocenters. The Morgan fingerprint density at radius 3 is 2.43 bits per heavy atom. The summed E-state index contributed by atoms with van der Waals surface area (Å²) in [5.74, 6) is 2.37. The van der Waals surface area contributed by atoms with Crippen molar-refractivity contribution in [3.63, 3.8) is 0 Å². The maximum Gasteiger partial charge on any atom is 0.255 e. The monoisotopic (exact) mass is 780 g/mol. The van der Waals surface area contributed by atoms with E-state index >= 15 is 0 Å². The summed E-state index contributed by atoms with van der Waals surface area (Å²) in [7, 11) is 1.79. The summed E-state index contributed by atoms with van der Waals surface area (Å²) in [6.45, 7) is 6.16. The summed E-state index contributed by atoms with van der Waals surface area (Å²) in [5, 5.41) is 12.7. The number of rotatable bonds is 7.